The van der Waals surface area contributed by atoms with Crippen LogP contribution in [0.4, 0.5) is 5.82 Å². The summed E-state index contributed by atoms with van der Waals surface area (Å²) in [6.07, 6.45) is 5.71. The minimum atomic E-state index is 0.722. The van der Waals surface area contributed by atoms with Crippen molar-refractivity contribution in [3.63, 3.8) is 0 Å². The van der Waals surface area contributed by atoms with Crippen molar-refractivity contribution in [3.05, 3.63) is 23.9 Å². The van der Waals surface area contributed by atoms with E-state index in [0.717, 1.165) is 49.8 Å². The number of nitrogens with zero attached hydrogens (tertiary/aromatic N) is 4. The molecule has 2 fully saturated rings. The first kappa shape index (κ1) is 17.4. The molecule has 132 valence electrons. The van der Waals surface area contributed by atoms with Crippen molar-refractivity contribution < 1.29 is 0 Å². The third-order valence-corrected chi connectivity index (χ3v) is 6.17. The first-order valence-electron chi connectivity index (χ1n) is 9.07. The van der Waals surface area contributed by atoms with Crippen LogP contribution in [0.1, 0.15) is 31.7 Å². The van der Waals surface area contributed by atoms with E-state index >= 15 is 0 Å². The Morgan fingerprint density at radius 2 is 2.21 bits per heavy atom. The molecule has 0 saturated carbocycles. The maximum atomic E-state index is 4.53. The summed E-state index contributed by atoms with van der Waals surface area (Å²) >= 11 is 2.09. The van der Waals surface area contributed by atoms with Crippen LogP contribution in [0.3, 0.4) is 0 Å². The summed E-state index contributed by atoms with van der Waals surface area (Å²) in [7, 11) is 1.88. The summed E-state index contributed by atoms with van der Waals surface area (Å²) < 4.78 is 0. The predicted molar refractivity (Wildman–Crippen MR) is 104 cm³/mol. The van der Waals surface area contributed by atoms with Gasteiger partial charge >= 0.3 is 0 Å². The zero-order valence-corrected chi connectivity index (χ0v) is 15.7. The molecule has 0 aliphatic carbocycles. The van der Waals surface area contributed by atoms with E-state index in [1.807, 2.05) is 13.2 Å². The Kier molecular flexibility index (Phi) is 6.24. The third kappa shape index (κ3) is 4.35. The van der Waals surface area contributed by atoms with Crippen LogP contribution in [0.5, 0.6) is 0 Å². The van der Waals surface area contributed by atoms with E-state index in [1.54, 1.807) is 0 Å². The van der Waals surface area contributed by atoms with E-state index in [2.05, 4.69) is 55.9 Å². The molecule has 1 N–H and O–H groups in total. The van der Waals surface area contributed by atoms with Crippen molar-refractivity contribution in [2.24, 2.45) is 4.99 Å². The number of aliphatic imine (C=N–C) groups is 1. The van der Waals surface area contributed by atoms with Crippen molar-refractivity contribution in [2.45, 2.75) is 38.0 Å². The van der Waals surface area contributed by atoms with Gasteiger partial charge in [0.15, 0.2) is 5.96 Å². The van der Waals surface area contributed by atoms with Crippen LogP contribution >= 0.6 is 11.8 Å². The van der Waals surface area contributed by atoms with Crippen LogP contribution < -0.4 is 10.2 Å². The molecule has 0 radical (unpaired) electrons. The van der Waals surface area contributed by atoms with Crippen LogP contribution in [-0.2, 0) is 6.54 Å². The lowest BCUT2D eigenvalue weighted by Crippen LogP contribution is -2.47. The second-order valence-corrected chi connectivity index (χ2v) is 7.87. The quantitative estimate of drug-likeness (QED) is 0.670. The molecular formula is C18H29N5S. The molecule has 0 amide bonds. The monoisotopic (exact) mass is 347 g/mol. The molecule has 24 heavy (non-hydrogen) atoms. The number of nitrogens with one attached hydrogen (secondary N) is 1. The molecule has 2 aliphatic heterocycles. The van der Waals surface area contributed by atoms with Crippen molar-refractivity contribution in [1.82, 2.24) is 15.2 Å². The molecule has 6 heteroatoms. The molecule has 1 unspecified atom stereocenters. The lowest BCUT2D eigenvalue weighted by atomic mass is 10.2. The minimum Gasteiger partial charge on any atom is -0.357 e. The van der Waals surface area contributed by atoms with E-state index in [9.17, 15) is 0 Å². The van der Waals surface area contributed by atoms with Gasteiger partial charge in [-0.3, -0.25) is 4.99 Å². The van der Waals surface area contributed by atoms with Gasteiger partial charge in [0.25, 0.3) is 0 Å². The van der Waals surface area contributed by atoms with E-state index < -0.39 is 0 Å². The fourth-order valence-electron chi connectivity index (χ4n) is 3.36. The highest BCUT2D eigenvalue weighted by molar-refractivity contribution is 8.00. The van der Waals surface area contributed by atoms with Gasteiger partial charge in [0.2, 0.25) is 0 Å². The molecule has 0 bridgehead atoms. The van der Waals surface area contributed by atoms with Gasteiger partial charge in [-0.15, -0.1) is 0 Å². The summed E-state index contributed by atoms with van der Waals surface area (Å²) in [4.78, 5) is 13.8. The van der Waals surface area contributed by atoms with Crippen LogP contribution in [0, 0.1) is 0 Å². The van der Waals surface area contributed by atoms with Crippen molar-refractivity contribution >= 4 is 23.5 Å². The van der Waals surface area contributed by atoms with Gasteiger partial charge in [0.1, 0.15) is 5.82 Å². The molecule has 3 rings (SSSR count). The fraction of sp³-hybridized carbons (Fsp3) is 0.667. The number of hydrogen-bond acceptors (Lipinski definition) is 4. The number of pyridine rings is 1. The molecule has 5 nitrogen and oxygen atoms in total. The van der Waals surface area contributed by atoms with Crippen LogP contribution in [-0.4, -0.2) is 60.1 Å². The van der Waals surface area contributed by atoms with Gasteiger partial charge in [0, 0.05) is 57.0 Å². The largest absolute Gasteiger partial charge is 0.357 e. The predicted octanol–water partition coefficient (Wildman–Crippen LogP) is 2.58. The average molecular weight is 348 g/mol. The van der Waals surface area contributed by atoms with E-state index in [1.165, 1.54) is 30.6 Å². The maximum absolute atomic E-state index is 4.53. The highest BCUT2D eigenvalue weighted by atomic mass is 32.2. The van der Waals surface area contributed by atoms with Gasteiger partial charge < -0.3 is 15.1 Å². The second-order valence-electron chi connectivity index (χ2n) is 6.46. The lowest BCUT2D eigenvalue weighted by Gasteiger charge is -2.34. The zero-order chi connectivity index (χ0) is 16.8. The molecule has 0 spiro atoms. The smallest absolute Gasteiger partial charge is 0.193 e. The molecule has 3 heterocycles. The second kappa shape index (κ2) is 8.60. The summed E-state index contributed by atoms with van der Waals surface area (Å²) in [6, 6.07) is 4.31. The molecule has 0 aromatic carbocycles. The number of hydrogen-bond donors (Lipinski definition) is 1. The molecular weight excluding hydrogens is 318 g/mol. The minimum absolute atomic E-state index is 0.722. The van der Waals surface area contributed by atoms with Gasteiger partial charge in [-0.05, 0) is 37.0 Å². The Labute approximate surface area is 149 Å². The summed E-state index contributed by atoms with van der Waals surface area (Å²) in [5.41, 5.74) is 1.27. The molecule has 2 saturated heterocycles. The molecule has 2 aliphatic rings. The van der Waals surface area contributed by atoms with E-state index in [4.69, 9.17) is 0 Å². The van der Waals surface area contributed by atoms with Gasteiger partial charge in [-0.2, -0.15) is 11.8 Å². The normalized spacial score (nSPS) is 22.1. The Balaban J connectivity index is 1.58. The SMILES string of the molecule is CCC1CN(C(=NC)NCc2ccnc(N3CCCC3)c2)CCS1. The van der Waals surface area contributed by atoms with Crippen molar-refractivity contribution in [1.29, 1.82) is 0 Å². The van der Waals surface area contributed by atoms with Crippen LogP contribution in [0.15, 0.2) is 23.3 Å². The van der Waals surface area contributed by atoms with Gasteiger partial charge in [-0.1, -0.05) is 6.92 Å². The Hall–Kier alpha value is -1.43. The van der Waals surface area contributed by atoms with E-state index in [0.29, 0.717) is 0 Å². The zero-order valence-electron chi connectivity index (χ0n) is 14.9. The summed E-state index contributed by atoms with van der Waals surface area (Å²) in [6.45, 7) is 7.52. The summed E-state index contributed by atoms with van der Waals surface area (Å²) in [5.74, 6) is 3.32. The number of thioether (sulfide) groups is 1. The summed E-state index contributed by atoms with van der Waals surface area (Å²) in [5, 5.41) is 4.26. The number of guanidine groups is 1. The van der Waals surface area contributed by atoms with Gasteiger partial charge in [-0.25, -0.2) is 4.98 Å². The fourth-order valence-corrected chi connectivity index (χ4v) is 4.54. The first-order chi connectivity index (χ1) is 11.8. The average Bonchev–Trinajstić information content (AvgIpc) is 3.17. The Morgan fingerprint density at radius 3 is 2.96 bits per heavy atom. The number of rotatable bonds is 4. The maximum Gasteiger partial charge on any atom is 0.193 e. The Bertz CT molecular complexity index is 556. The first-order valence-corrected chi connectivity index (χ1v) is 10.1. The standard InChI is InChI=1S/C18H29N5S/c1-3-16-14-23(10-11-24-16)18(19-2)21-13-15-6-7-20-17(12-15)22-8-4-5-9-22/h6-7,12,16H,3-5,8-11,13-14H2,1-2H3,(H,19,21). The highest BCUT2D eigenvalue weighted by Crippen LogP contribution is 2.21. The van der Waals surface area contributed by atoms with Crippen LogP contribution in [0.2, 0.25) is 0 Å². The van der Waals surface area contributed by atoms with Crippen LogP contribution in [0.25, 0.3) is 0 Å². The lowest BCUT2D eigenvalue weighted by molar-refractivity contribution is 0.408. The topological polar surface area (TPSA) is 43.8 Å². The van der Waals surface area contributed by atoms with Crippen molar-refractivity contribution in [2.75, 3.05) is 43.9 Å². The highest BCUT2D eigenvalue weighted by Gasteiger charge is 2.21. The number of anilines is 1. The van der Waals surface area contributed by atoms with E-state index in [-0.39, 0.29) is 0 Å². The third-order valence-electron chi connectivity index (χ3n) is 4.80. The van der Waals surface area contributed by atoms with Gasteiger partial charge in [0.05, 0.1) is 0 Å². The Morgan fingerprint density at radius 1 is 1.38 bits per heavy atom. The number of aromatic nitrogens is 1. The molecule has 1 aromatic heterocycles. The molecule has 1 aromatic rings. The molecule has 1 atom stereocenters. The van der Waals surface area contributed by atoms with Crippen molar-refractivity contribution in [3.8, 4) is 0 Å².